The first-order chi connectivity index (χ1) is 22.7. The Morgan fingerprint density at radius 1 is 0.872 bits per heavy atom. The molecule has 1 aliphatic carbocycles. The Kier molecular flexibility index (Phi) is 10.9. The number of carbonyl (C=O) groups excluding carboxylic acids is 2. The summed E-state index contributed by atoms with van der Waals surface area (Å²) in [5.74, 6) is -1.87. The molecular weight excluding hydrogens is 624 g/mol. The molecule has 4 aromatic carbocycles. The summed E-state index contributed by atoms with van der Waals surface area (Å²) in [6.45, 7) is -1.03. The SMILES string of the molecule is COc1ccc(S(=O)(=O)N(CC(=O)N(Cc2ccccc2F)[C@H](Cc2ccccc2)C(=O)NC2CCCC2)c2ccc(F)cc2)cc1. The predicted molar refractivity (Wildman–Crippen MR) is 175 cm³/mol. The first-order valence-corrected chi connectivity index (χ1v) is 16.9. The summed E-state index contributed by atoms with van der Waals surface area (Å²) in [6.07, 6.45) is 3.68. The lowest BCUT2D eigenvalue weighted by Gasteiger charge is -2.34. The molecule has 0 aromatic heterocycles. The topological polar surface area (TPSA) is 96.0 Å². The predicted octanol–water partition coefficient (Wildman–Crippen LogP) is 5.87. The van der Waals surface area contributed by atoms with Gasteiger partial charge in [0.2, 0.25) is 11.8 Å². The number of hydrogen-bond donors (Lipinski definition) is 1. The van der Waals surface area contributed by atoms with Crippen LogP contribution in [0.5, 0.6) is 5.75 Å². The molecule has 8 nitrogen and oxygen atoms in total. The number of hydrogen-bond acceptors (Lipinski definition) is 5. The van der Waals surface area contributed by atoms with Gasteiger partial charge in [0, 0.05) is 24.6 Å². The van der Waals surface area contributed by atoms with Crippen LogP contribution in [-0.2, 0) is 32.6 Å². The van der Waals surface area contributed by atoms with Crippen LogP contribution in [0.15, 0.2) is 108 Å². The van der Waals surface area contributed by atoms with Crippen LogP contribution in [0.25, 0.3) is 0 Å². The lowest BCUT2D eigenvalue weighted by Crippen LogP contribution is -2.54. The molecule has 0 heterocycles. The Morgan fingerprint density at radius 3 is 2.15 bits per heavy atom. The van der Waals surface area contributed by atoms with Crippen LogP contribution < -0.4 is 14.4 Å². The van der Waals surface area contributed by atoms with Crippen LogP contribution in [0, 0.1) is 11.6 Å². The van der Waals surface area contributed by atoms with Gasteiger partial charge in [0.25, 0.3) is 10.0 Å². The third-order valence-corrected chi connectivity index (χ3v) is 10.1. The minimum Gasteiger partial charge on any atom is -0.497 e. The van der Waals surface area contributed by atoms with Gasteiger partial charge in [-0.25, -0.2) is 17.2 Å². The summed E-state index contributed by atoms with van der Waals surface area (Å²) in [7, 11) is -2.94. The second kappa shape index (κ2) is 15.2. The van der Waals surface area contributed by atoms with Crippen molar-refractivity contribution in [3.8, 4) is 5.75 Å². The Morgan fingerprint density at radius 2 is 1.51 bits per heavy atom. The summed E-state index contributed by atoms with van der Waals surface area (Å²) in [5.41, 5.74) is 0.974. The van der Waals surface area contributed by atoms with Crippen molar-refractivity contribution >= 4 is 27.5 Å². The highest BCUT2D eigenvalue weighted by Crippen LogP contribution is 2.27. The van der Waals surface area contributed by atoms with Crippen LogP contribution in [0.3, 0.4) is 0 Å². The number of sulfonamides is 1. The average Bonchev–Trinajstić information content (AvgIpc) is 3.60. The largest absolute Gasteiger partial charge is 0.497 e. The second-order valence-electron chi connectivity index (χ2n) is 11.5. The van der Waals surface area contributed by atoms with E-state index in [2.05, 4.69) is 5.32 Å². The highest BCUT2D eigenvalue weighted by molar-refractivity contribution is 7.92. The van der Waals surface area contributed by atoms with E-state index in [0.29, 0.717) is 5.75 Å². The molecule has 0 unspecified atom stereocenters. The van der Waals surface area contributed by atoms with Gasteiger partial charge in [-0.1, -0.05) is 61.4 Å². The number of carbonyl (C=O) groups is 2. The molecule has 0 spiro atoms. The Bertz CT molecular complexity index is 1760. The fourth-order valence-corrected chi connectivity index (χ4v) is 7.16. The fraction of sp³-hybridized carbons (Fsp3) is 0.278. The van der Waals surface area contributed by atoms with E-state index < -0.39 is 46.1 Å². The standard InChI is InChI=1S/C36H37F2N3O5S/c1-46-31-19-21-32(22-20-31)47(44,45)41(30-17-15-28(37)16-18-30)25-35(42)40(24-27-11-5-8-14-33(27)38)34(23-26-9-3-2-4-10-26)36(43)39-29-12-6-7-13-29/h2-5,8-11,14-22,29,34H,6-7,12-13,23-25H2,1H3,(H,39,43)/t34-/m1/s1. The van der Waals surface area contributed by atoms with Crippen molar-refractivity contribution in [1.82, 2.24) is 10.2 Å². The molecule has 1 atom stereocenters. The molecule has 246 valence electrons. The first kappa shape index (κ1) is 33.6. The number of amides is 2. The molecular formula is C36H37F2N3O5S. The summed E-state index contributed by atoms with van der Waals surface area (Å²) in [6, 6.07) is 24.3. The Balaban J connectivity index is 1.56. The monoisotopic (exact) mass is 661 g/mol. The molecule has 0 saturated heterocycles. The number of ether oxygens (including phenoxy) is 1. The van der Waals surface area contributed by atoms with E-state index in [9.17, 15) is 22.4 Å². The van der Waals surface area contributed by atoms with Gasteiger partial charge in [0.05, 0.1) is 17.7 Å². The van der Waals surface area contributed by atoms with Gasteiger partial charge in [-0.05, 0) is 73.0 Å². The molecule has 5 rings (SSSR count). The van der Waals surface area contributed by atoms with Gasteiger partial charge in [0.15, 0.2) is 0 Å². The van der Waals surface area contributed by atoms with E-state index in [-0.39, 0.29) is 35.2 Å². The number of nitrogens with zero attached hydrogens (tertiary/aromatic N) is 2. The number of methoxy groups -OCH3 is 1. The molecule has 2 amide bonds. The van der Waals surface area contributed by atoms with Crippen LogP contribution in [0.4, 0.5) is 14.5 Å². The normalized spacial score (nSPS) is 13.9. The van der Waals surface area contributed by atoms with E-state index in [4.69, 9.17) is 4.74 Å². The van der Waals surface area contributed by atoms with E-state index in [1.165, 1.54) is 66.6 Å². The molecule has 1 saturated carbocycles. The number of halogens is 2. The summed E-state index contributed by atoms with van der Waals surface area (Å²) < 4.78 is 63.3. The zero-order valence-electron chi connectivity index (χ0n) is 26.0. The van der Waals surface area contributed by atoms with Crippen molar-refractivity contribution in [3.05, 3.63) is 126 Å². The van der Waals surface area contributed by atoms with Crippen molar-refractivity contribution < 1.29 is 31.5 Å². The molecule has 1 N–H and O–H groups in total. The number of anilines is 1. The molecule has 11 heteroatoms. The maximum Gasteiger partial charge on any atom is 0.264 e. The van der Waals surface area contributed by atoms with Crippen molar-refractivity contribution in [3.63, 3.8) is 0 Å². The molecule has 4 aromatic rings. The van der Waals surface area contributed by atoms with Crippen molar-refractivity contribution in [1.29, 1.82) is 0 Å². The third kappa shape index (κ3) is 8.34. The highest BCUT2D eigenvalue weighted by atomic mass is 32.2. The molecule has 0 aliphatic heterocycles. The van der Waals surface area contributed by atoms with Crippen molar-refractivity contribution in [2.45, 2.75) is 55.6 Å². The maximum atomic E-state index is 15.1. The maximum absolute atomic E-state index is 15.1. The Labute approximate surface area is 274 Å². The minimum atomic E-state index is -4.39. The first-order valence-electron chi connectivity index (χ1n) is 15.5. The lowest BCUT2D eigenvalue weighted by atomic mass is 10.0. The van der Waals surface area contributed by atoms with Gasteiger partial charge in [0.1, 0.15) is 30.0 Å². The molecule has 47 heavy (non-hydrogen) atoms. The van der Waals surface area contributed by atoms with Crippen molar-refractivity contribution in [2.24, 2.45) is 0 Å². The van der Waals surface area contributed by atoms with E-state index in [0.717, 1.165) is 47.7 Å². The smallest absolute Gasteiger partial charge is 0.264 e. The van der Waals surface area contributed by atoms with Gasteiger partial charge < -0.3 is 15.0 Å². The molecule has 0 radical (unpaired) electrons. The molecule has 0 bridgehead atoms. The van der Waals surface area contributed by atoms with E-state index in [1.807, 2.05) is 30.3 Å². The quantitative estimate of drug-likeness (QED) is 0.194. The zero-order valence-corrected chi connectivity index (χ0v) is 26.8. The molecule has 1 fully saturated rings. The number of rotatable bonds is 13. The Hall–Kier alpha value is -4.77. The summed E-state index contributed by atoms with van der Waals surface area (Å²) in [4.78, 5) is 29.6. The van der Waals surface area contributed by atoms with Gasteiger partial charge in [-0.2, -0.15) is 0 Å². The van der Waals surface area contributed by atoms with Gasteiger partial charge >= 0.3 is 0 Å². The average molecular weight is 662 g/mol. The van der Waals surface area contributed by atoms with Crippen LogP contribution >= 0.6 is 0 Å². The van der Waals surface area contributed by atoms with E-state index in [1.54, 1.807) is 6.07 Å². The van der Waals surface area contributed by atoms with Crippen LogP contribution in [0.2, 0.25) is 0 Å². The van der Waals surface area contributed by atoms with Crippen LogP contribution in [-0.4, -0.2) is 50.9 Å². The fourth-order valence-electron chi connectivity index (χ4n) is 5.74. The lowest BCUT2D eigenvalue weighted by molar-refractivity contribution is -0.140. The van der Waals surface area contributed by atoms with Gasteiger partial charge in [-0.15, -0.1) is 0 Å². The number of nitrogens with one attached hydrogen (secondary N) is 1. The summed E-state index contributed by atoms with van der Waals surface area (Å²) in [5, 5.41) is 3.08. The van der Waals surface area contributed by atoms with E-state index >= 15 is 4.39 Å². The molecule has 1 aliphatic rings. The van der Waals surface area contributed by atoms with Crippen molar-refractivity contribution in [2.75, 3.05) is 18.0 Å². The zero-order chi connectivity index (χ0) is 33.4. The van der Waals surface area contributed by atoms with Gasteiger partial charge in [-0.3, -0.25) is 13.9 Å². The summed E-state index contributed by atoms with van der Waals surface area (Å²) >= 11 is 0. The third-order valence-electron chi connectivity index (χ3n) is 8.31. The minimum absolute atomic E-state index is 0.0384. The highest BCUT2D eigenvalue weighted by Gasteiger charge is 2.36. The number of benzene rings is 4. The van der Waals surface area contributed by atoms with Crippen LogP contribution in [0.1, 0.15) is 36.8 Å². The second-order valence-corrected chi connectivity index (χ2v) is 13.3.